The first-order chi connectivity index (χ1) is 13.6. The number of hydrogen-bond donors (Lipinski definition) is 1. The van der Waals surface area contributed by atoms with Gasteiger partial charge in [0.1, 0.15) is 17.6 Å². The minimum atomic E-state index is -4.63. The Bertz CT molecular complexity index is 934. The van der Waals surface area contributed by atoms with Crippen LogP contribution in [0.4, 0.5) is 13.2 Å². The van der Waals surface area contributed by atoms with Gasteiger partial charge in [0.2, 0.25) is 0 Å². The van der Waals surface area contributed by atoms with Crippen molar-refractivity contribution in [1.29, 1.82) is 5.26 Å². The zero-order chi connectivity index (χ0) is 21.8. The van der Waals surface area contributed by atoms with Gasteiger partial charge in [-0.15, -0.1) is 0 Å². The first kappa shape index (κ1) is 22.7. The molecule has 1 atom stereocenters. The van der Waals surface area contributed by atoms with Crippen LogP contribution in [0.15, 0.2) is 30.3 Å². The highest BCUT2D eigenvalue weighted by molar-refractivity contribution is 6.37. The van der Waals surface area contributed by atoms with Crippen LogP contribution >= 0.6 is 23.2 Å². The Morgan fingerprint density at radius 2 is 1.86 bits per heavy atom. The molecular formula is C19H14Cl2F3NO4. The highest BCUT2D eigenvalue weighted by Gasteiger charge is 2.32. The van der Waals surface area contributed by atoms with E-state index in [1.54, 1.807) is 6.92 Å². The fraction of sp³-hybridized carbons (Fsp3) is 0.263. The first-order valence-corrected chi connectivity index (χ1v) is 9.00. The van der Waals surface area contributed by atoms with Crippen LogP contribution in [0, 0.1) is 11.3 Å². The highest BCUT2D eigenvalue weighted by Crippen LogP contribution is 2.42. The fourth-order valence-electron chi connectivity index (χ4n) is 2.34. The molecule has 0 fully saturated rings. The van der Waals surface area contributed by atoms with Crippen LogP contribution in [0.25, 0.3) is 0 Å². The number of hydrogen-bond acceptors (Lipinski definition) is 4. The predicted octanol–water partition coefficient (Wildman–Crippen LogP) is 6.31. The number of carboxylic acid groups (broad SMARTS) is 1. The summed E-state index contributed by atoms with van der Waals surface area (Å²) >= 11 is 11.8. The zero-order valence-electron chi connectivity index (χ0n) is 14.9. The van der Waals surface area contributed by atoms with Crippen molar-refractivity contribution >= 4 is 29.2 Å². The molecule has 2 aromatic carbocycles. The van der Waals surface area contributed by atoms with Crippen molar-refractivity contribution in [3.8, 4) is 23.3 Å². The molecule has 29 heavy (non-hydrogen) atoms. The number of nitriles is 1. The summed E-state index contributed by atoms with van der Waals surface area (Å²) in [5.74, 6) is -1.43. The van der Waals surface area contributed by atoms with Gasteiger partial charge in [0.05, 0.1) is 21.2 Å². The largest absolute Gasteiger partial charge is 0.479 e. The van der Waals surface area contributed by atoms with E-state index in [1.165, 1.54) is 18.2 Å². The van der Waals surface area contributed by atoms with E-state index in [2.05, 4.69) is 0 Å². The van der Waals surface area contributed by atoms with E-state index >= 15 is 0 Å². The molecule has 0 amide bonds. The molecule has 1 N–H and O–H groups in total. The second kappa shape index (κ2) is 9.25. The Morgan fingerprint density at radius 1 is 1.24 bits per heavy atom. The van der Waals surface area contributed by atoms with Crippen LogP contribution < -0.4 is 9.47 Å². The molecule has 2 rings (SSSR count). The van der Waals surface area contributed by atoms with Crippen LogP contribution in [0.5, 0.6) is 17.2 Å². The third kappa shape index (κ3) is 5.68. The van der Waals surface area contributed by atoms with E-state index < -0.39 is 23.8 Å². The minimum Gasteiger partial charge on any atom is -0.479 e. The van der Waals surface area contributed by atoms with Crippen LogP contribution in [0.1, 0.15) is 30.9 Å². The Kier molecular flexibility index (Phi) is 7.22. The summed E-state index contributed by atoms with van der Waals surface area (Å²) in [6.07, 6.45) is -5.07. The van der Waals surface area contributed by atoms with Crippen molar-refractivity contribution in [1.82, 2.24) is 0 Å². The van der Waals surface area contributed by atoms with E-state index in [0.717, 1.165) is 0 Å². The molecule has 0 aliphatic rings. The van der Waals surface area contributed by atoms with E-state index in [1.807, 2.05) is 6.07 Å². The molecule has 5 nitrogen and oxygen atoms in total. The van der Waals surface area contributed by atoms with Gasteiger partial charge in [-0.3, -0.25) is 0 Å². The Labute approximate surface area is 174 Å². The molecule has 0 saturated heterocycles. The molecule has 2 aromatic rings. The normalized spacial score (nSPS) is 12.2. The quantitative estimate of drug-likeness (QED) is 0.537. The number of alkyl halides is 3. The summed E-state index contributed by atoms with van der Waals surface area (Å²) in [4.78, 5) is 11.3. The third-order valence-corrected chi connectivity index (χ3v) is 4.28. The summed E-state index contributed by atoms with van der Waals surface area (Å²) in [5, 5.41) is 17.7. The third-order valence-electron chi connectivity index (χ3n) is 3.71. The van der Waals surface area contributed by atoms with Crippen LogP contribution in [0.2, 0.25) is 10.0 Å². The molecule has 154 valence electrons. The lowest BCUT2D eigenvalue weighted by Crippen LogP contribution is -2.27. The van der Waals surface area contributed by atoms with E-state index in [0.29, 0.717) is 18.6 Å². The van der Waals surface area contributed by atoms with Crippen LogP contribution in [-0.4, -0.2) is 17.2 Å². The fourth-order valence-corrected chi connectivity index (χ4v) is 2.91. The molecule has 0 aliphatic carbocycles. The number of nitrogens with zero attached hydrogens (tertiary/aromatic N) is 1. The monoisotopic (exact) mass is 447 g/mol. The molecule has 10 heteroatoms. The zero-order valence-corrected chi connectivity index (χ0v) is 16.4. The molecule has 0 aliphatic heterocycles. The summed E-state index contributed by atoms with van der Waals surface area (Å²) in [5.41, 5.74) is -0.975. The maximum atomic E-state index is 12.8. The predicted molar refractivity (Wildman–Crippen MR) is 99.7 cm³/mol. The number of halogens is 5. The molecule has 0 saturated carbocycles. The van der Waals surface area contributed by atoms with E-state index in [-0.39, 0.29) is 39.3 Å². The number of carboxylic acids is 1. The molecule has 0 radical (unpaired) electrons. The Morgan fingerprint density at radius 3 is 2.34 bits per heavy atom. The van der Waals surface area contributed by atoms with Gasteiger partial charge in [0, 0.05) is 6.07 Å². The van der Waals surface area contributed by atoms with Crippen LogP contribution in [0.3, 0.4) is 0 Å². The number of benzene rings is 2. The van der Waals surface area contributed by atoms with Gasteiger partial charge in [0.25, 0.3) is 0 Å². The maximum absolute atomic E-state index is 12.8. The van der Waals surface area contributed by atoms with Crippen molar-refractivity contribution in [3.63, 3.8) is 0 Å². The van der Waals surface area contributed by atoms with E-state index in [4.69, 9.17) is 32.7 Å². The number of ether oxygens (including phenoxy) is 2. The van der Waals surface area contributed by atoms with Crippen molar-refractivity contribution < 1.29 is 32.5 Å². The van der Waals surface area contributed by atoms with Crippen molar-refractivity contribution in [2.24, 2.45) is 0 Å². The Hall–Kier alpha value is -2.63. The van der Waals surface area contributed by atoms with Gasteiger partial charge >= 0.3 is 12.1 Å². The maximum Gasteiger partial charge on any atom is 0.416 e. The molecular weight excluding hydrogens is 434 g/mol. The summed E-state index contributed by atoms with van der Waals surface area (Å²) in [6.45, 7) is 1.78. The lowest BCUT2D eigenvalue weighted by atomic mass is 10.1. The molecule has 0 heterocycles. The van der Waals surface area contributed by atoms with Gasteiger partial charge < -0.3 is 14.6 Å². The topological polar surface area (TPSA) is 79.5 Å². The smallest absolute Gasteiger partial charge is 0.416 e. The van der Waals surface area contributed by atoms with Gasteiger partial charge in [-0.25, -0.2) is 4.79 Å². The number of rotatable bonds is 7. The van der Waals surface area contributed by atoms with Gasteiger partial charge in [0.15, 0.2) is 11.9 Å². The number of aliphatic carboxylic acids is 1. The lowest BCUT2D eigenvalue weighted by molar-refractivity contribution is -0.145. The second-order valence-electron chi connectivity index (χ2n) is 5.87. The van der Waals surface area contributed by atoms with Gasteiger partial charge in [-0.1, -0.05) is 36.5 Å². The minimum absolute atomic E-state index is 0.0446. The Balaban J connectivity index is 2.38. The van der Waals surface area contributed by atoms with Gasteiger partial charge in [-0.05, 0) is 30.7 Å². The van der Waals surface area contributed by atoms with Crippen LogP contribution in [-0.2, 0) is 11.0 Å². The van der Waals surface area contributed by atoms with Crippen molar-refractivity contribution in [3.05, 3.63) is 51.5 Å². The van der Waals surface area contributed by atoms with Crippen molar-refractivity contribution in [2.75, 3.05) is 0 Å². The summed E-state index contributed by atoms with van der Waals surface area (Å²) in [7, 11) is 0. The van der Waals surface area contributed by atoms with E-state index in [9.17, 15) is 28.3 Å². The highest BCUT2D eigenvalue weighted by atomic mass is 35.5. The van der Waals surface area contributed by atoms with Crippen molar-refractivity contribution in [2.45, 2.75) is 32.0 Å². The molecule has 1 unspecified atom stereocenters. The SMILES string of the molecule is CCCC(Oc1cc(Oc2c(Cl)cc(C(F)(F)F)cc2Cl)ccc1C#N)C(=O)O. The second-order valence-corrected chi connectivity index (χ2v) is 6.69. The molecule has 0 aromatic heterocycles. The number of carbonyl (C=O) groups is 1. The van der Waals surface area contributed by atoms with Gasteiger partial charge in [-0.2, -0.15) is 18.4 Å². The average Bonchev–Trinajstić information content (AvgIpc) is 2.63. The molecule has 0 bridgehead atoms. The first-order valence-electron chi connectivity index (χ1n) is 8.24. The standard InChI is InChI=1S/C19H14Cl2F3NO4/c1-2-3-15(18(26)27)29-16-8-12(5-4-10(16)9-25)28-17-13(20)6-11(7-14(17)21)19(22,23)24/h4-8,15H,2-3H2,1H3,(H,26,27). The molecule has 0 spiro atoms. The average molecular weight is 448 g/mol. The summed E-state index contributed by atoms with van der Waals surface area (Å²) < 4.78 is 49.4. The lowest BCUT2D eigenvalue weighted by Gasteiger charge is -2.17. The summed E-state index contributed by atoms with van der Waals surface area (Å²) in [6, 6.07) is 7.13.